The third kappa shape index (κ3) is 3.76. The topological polar surface area (TPSA) is 38.0 Å². The van der Waals surface area contributed by atoms with E-state index in [-0.39, 0.29) is 11.9 Å². The van der Waals surface area contributed by atoms with Crippen LogP contribution in [-0.4, -0.2) is 0 Å². The van der Waals surface area contributed by atoms with Gasteiger partial charge in [-0.15, -0.1) is 0 Å². The van der Waals surface area contributed by atoms with E-state index < -0.39 is 0 Å². The van der Waals surface area contributed by atoms with E-state index in [9.17, 15) is 4.39 Å². The zero-order chi connectivity index (χ0) is 13.8. The summed E-state index contributed by atoms with van der Waals surface area (Å²) in [6.45, 7) is 0. The van der Waals surface area contributed by atoms with Gasteiger partial charge in [-0.2, -0.15) is 0 Å². The van der Waals surface area contributed by atoms with Gasteiger partial charge in [-0.1, -0.05) is 39.7 Å². The van der Waals surface area contributed by atoms with Gasteiger partial charge in [0.2, 0.25) is 0 Å². The van der Waals surface area contributed by atoms with Crippen LogP contribution in [-0.2, 0) is 6.42 Å². The molecular formula is C14H13BrClFN2. The van der Waals surface area contributed by atoms with Crippen molar-refractivity contribution < 1.29 is 4.39 Å². The van der Waals surface area contributed by atoms with Crippen LogP contribution in [0.1, 0.15) is 17.2 Å². The van der Waals surface area contributed by atoms with E-state index in [0.717, 1.165) is 10.0 Å². The van der Waals surface area contributed by atoms with Gasteiger partial charge in [-0.3, -0.25) is 11.3 Å². The lowest BCUT2D eigenvalue weighted by Crippen LogP contribution is -2.30. The Morgan fingerprint density at radius 1 is 1.21 bits per heavy atom. The molecule has 2 aromatic carbocycles. The maximum atomic E-state index is 13.8. The Hall–Kier alpha value is -0.940. The molecule has 19 heavy (non-hydrogen) atoms. The Bertz CT molecular complexity index is 560. The maximum Gasteiger partial charge on any atom is 0.128 e. The van der Waals surface area contributed by atoms with Gasteiger partial charge in [0.25, 0.3) is 0 Å². The number of nitrogens with two attached hydrogens (primary N) is 1. The molecule has 3 N–H and O–H groups in total. The number of hydrazine groups is 1. The molecule has 0 aromatic heterocycles. The van der Waals surface area contributed by atoms with Gasteiger partial charge >= 0.3 is 0 Å². The van der Waals surface area contributed by atoms with Crippen molar-refractivity contribution in [3.63, 3.8) is 0 Å². The fourth-order valence-corrected chi connectivity index (χ4v) is 2.40. The quantitative estimate of drug-likeness (QED) is 0.651. The van der Waals surface area contributed by atoms with E-state index in [2.05, 4.69) is 21.4 Å². The number of nitrogens with one attached hydrogen (secondary N) is 1. The van der Waals surface area contributed by atoms with Crippen molar-refractivity contribution in [2.24, 2.45) is 5.84 Å². The van der Waals surface area contributed by atoms with Crippen molar-refractivity contribution in [1.29, 1.82) is 0 Å². The van der Waals surface area contributed by atoms with Gasteiger partial charge in [0, 0.05) is 15.1 Å². The van der Waals surface area contributed by atoms with Crippen LogP contribution in [0.5, 0.6) is 0 Å². The van der Waals surface area contributed by atoms with Crippen molar-refractivity contribution in [2.45, 2.75) is 12.5 Å². The minimum absolute atomic E-state index is 0.278. The maximum absolute atomic E-state index is 13.8. The molecular weight excluding hydrogens is 331 g/mol. The van der Waals surface area contributed by atoms with Crippen molar-refractivity contribution in [3.05, 3.63) is 68.9 Å². The third-order valence-corrected chi connectivity index (χ3v) is 3.63. The minimum atomic E-state index is -0.293. The smallest absolute Gasteiger partial charge is 0.128 e. The minimum Gasteiger partial charge on any atom is -0.271 e. The summed E-state index contributed by atoms with van der Waals surface area (Å²) in [5.74, 6) is 5.27. The van der Waals surface area contributed by atoms with Crippen LogP contribution < -0.4 is 11.3 Å². The number of hydrogen-bond acceptors (Lipinski definition) is 2. The first-order valence-electron chi connectivity index (χ1n) is 5.75. The predicted molar refractivity (Wildman–Crippen MR) is 79.3 cm³/mol. The summed E-state index contributed by atoms with van der Waals surface area (Å²) < 4.78 is 14.7. The fraction of sp³-hybridized carbons (Fsp3) is 0.143. The summed E-state index contributed by atoms with van der Waals surface area (Å²) in [5.41, 5.74) is 4.22. The van der Waals surface area contributed by atoms with Crippen LogP contribution in [0.25, 0.3) is 0 Å². The summed E-state index contributed by atoms with van der Waals surface area (Å²) in [4.78, 5) is 0. The van der Waals surface area contributed by atoms with Crippen molar-refractivity contribution in [3.8, 4) is 0 Å². The molecule has 5 heteroatoms. The van der Waals surface area contributed by atoms with E-state index in [4.69, 9.17) is 17.4 Å². The summed E-state index contributed by atoms with van der Waals surface area (Å²) in [7, 11) is 0. The molecule has 2 nitrogen and oxygen atoms in total. The highest BCUT2D eigenvalue weighted by Gasteiger charge is 2.15. The molecule has 0 aliphatic rings. The Kier molecular flexibility index (Phi) is 4.93. The largest absolute Gasteiger partial charge is 0.271 e. The Morgan fingerprint density at radius 3 is 2.53 bits per heavy atom. The monoisotopic (exact) mass is 342 g/mol. The first-order chi connectivity index (χ1) is 9.10. The molecule has 0 radical (unpaired) electrons. The number of hydrogen-bond donors (Lipinski definition) is 2. The summed E-state index contributed by atoms with van der Waals surface area (Å²) >= 11 is 9.17. The highest BCUT2D eigenvalue weighted by atomic mass is 79.9. The van der Waals surface area contributed by atoms with Crippen molar-refractivity contribution in [2.75, 3.05) is 0 Å². The Balaban J connectivity index is 2.24. The SMILES string of the molecule is NNC(Cc1ccc(Cl)cc1)c1cc(Br)ccc1F. The lowest BCUT2D eigenvalue weighted by molar-refractivity contribution is 0.510. The van der Waals surface area contributed by atoms with E-state index in [1.165, 1.54) is 6.07 Å². The average Bonchev–Trinajstić information content (AvgIpc) is 2.41. The second kappa shape index (κ2) is 6.48. The van der Waals surface area contributed by atoms with Gasteiger partial charge in [-0.25, -0.2) is 4.39 Å². The number of benzene rings is 2. The second-order valence-electron chi connectivity index (χ2n) is 4.22. The highest BCUT2D eigenvalue weighted by Crippen LogP contribution is 2.24. The molecule has 2 aromatic rings. The van der Waals surface area contributed by atoms with E-state index in [1.54, 1.807) is 12.1 Å². The van der Waals surface area contributed by atoms with E-state index in [1.807, 2.05) is 24.3 Å². The normalized spacial score (nSPS) is 12.4. The first-order valence-corrected chi connectivity index (χ1v) is 6.93. The van der Waals surface area contributed by atoms with Crippen LogP contribution in [0.3, 0.4) is 0 Å². The van der Waals surface area contributed by atoms with Crippen LogP contribution in [0.4, 0.5) is 4.39 Å². The first kappa shape index (κ1) is 14.5. The molecule has 0 fully saturated rings. The lowest BCUT2D eigenvalue weighted by Gasteiger charge is -2.17. The van der Waals surface area contributed by atoms with Gasteiger partial charge < -0.3 is 0 Å². The molecule has 0 saturated carbocycles. The average molecular weight is 344 g/mol. The van der Waals surface area contributed by atoms with Crippen LogP contribution in [0, 0.1) is 5.82 Å². The van der Waals surface area contributed by atoms with Gasteiger partial charge in [0.05, 0.1) is 6.04 Å². The lowest BCUT2D eigenvalue weighted by atomic mass is 9.99. The molecule has 0 bridgehead atoms. The molecule has 100 valence electrons. The number of halogens is 3. The zero-order valence-electron chi connectivity index (χ0n) is 10.0. The third-order valence-electron chi connectivity index (χ3n) is 2.89. The second-order valence-corrected chi connectivity index (χ2v) is 5.57. The summed E-state index contributed by atoms with van der Waals surface area (Å²) in [6.07, 6.45) is 0.584. The van der Waals surface area contributed by atoms with Crippen LogP contribution in [0.15, 0.2) is 46.9 Å². The van der Waals surface area contributed by atoms with Crippen LogP contribution >= 0.6 is 27.5 Å². The standard InChI is InChI=1S/C14H13BrClFN2/c15-10-3-6-13(17)12(8-10)14(19-18)7-9-1-4-11(16)5-2-9/h1-6,8,14,19H,7,18H2. The fourth-order valence-electron chi connectivity index (χ4n) is 1.90. The van der Waals surface area contributed by atoms with Crippen molar-refractivity contribution in [1.82, 2.24) is 5.43 Å². The molecule has 0 aliphatic carbocycles. The van der Waals surface area contributed by atoms with Gasteiger partial charge in [0.15, 0.2) is 0 Å². The molecule has 1 unspecified atom stereocenters. The van der Waals surface area contributed by atoms with Crippen LogP contribution in [0.2, 0.25) is 5.02 Å². The number of rotatable bonds is 4. The highest BCUT2D eigenvalue weighted by molar-refractivity contribution is 9.10. The molecule has 0 aliphatic heterocycles. The van der Waals surface area contributed by atoms with Gasteiger partial charge in [0.1, 0.15) is 5.82 Å². The molecule has 1 atom stereocenters. The molecule has 0 spiro atoms. The summed E-state index contributed by atoms with van der Waals surface area (Å²) in [5, 5.41) is 0.676. The molecule has 0 heterocycles. The summed E-state index contributed by atoms with van der Waals surface area (Å²) in [6, 6.07) is 11.9. The molecule has 0 saturated heterocycles. The van der Waals surface area contributed by atoms with E-state index in [0.29, 0.717) is 17.0 Å². The van der Waals surface area contributed by atoms with E-state index >= 15 is 0 Å². The Morgan fingerprint density at radius 2 is 1.89 bits per heavy atom. The molecule has 0 amide bonds. The van der Waals surface area contributed by atoms with Gasteiger partial charge in [-0.05, 0) is 42.3 Å². The zero-order valence-corrected chi connectivity index (χ0v) is 12.4. The van der Waals surface area contributed by atoms with Crippen molar-refractivity contribution >= 4 is 27.5 Å². The molecule has 2 rings (SSSR count). The predicted octanol–water partition coefficient (Wildman–Crippen LogP) is 3.99. The Labute approximate surface area is 124 Å².